The lowest BCUT2D eigenvalue weighted by molar-refractivity contribution is 0.0696. The van der Waals surface area contributed by atoms with Gasteiger partial charge in [0.25, 0.3) is 5.56 Å². The third kappa shape index (κ3) is 5.67. The van der Waals surface area contributed by atoms with Gasteiger partial charge in [-0.2, -0.15) is 9.78 Å². The van der Waals surface area contributed by atoms with Crippen molar-refractivity contribution in [3.63, 3.8) is 0 Å². The molecule has 0 atom stereocenters. The molecule has 0 radical (unpaired) electrons. The highest BCUT2D eigenvalue weighted by Crippen LogP contribution is 2.35. The largest absolute Gasteiger partial charge is 0.487 e. The molecule has 8 nitrogen and oxygen atoms in total. The Morgan fingerprint density at radius 3 is 2.55 bits per heavy atom. The number of aromatic nitrogens is 2. The predicted molar refractivity (Wildman–Crippen MR) is 171 cm³/mol. The number of hydrogen-bond donors (Lipinski definition) is 1. The molecule has 4 aromatic carbocycles. The summed E-state index contributed by atoms with van der Waals surface area (Å²) >= 11 is 10.6. The van der Waals surface area contributed by atoms with Gasteiger partial charge >= 0.3 is 5.97 Å². The van der Waals surface area contributed by atoms with E-state index in [0.717, 1.165) is 9.86 Å². The van der Waals surface area contributed by atoms with Crippen LogP contribution in [0.5, 0.6) is 5.75 Å². The zero-order chi connectivity index (χ0) is 29.4. The third-order valence-corrected chi connectivity index (χ3v) is 8.02. The first kappa shape index (κ1) is 28.1. The summed E-state index contributed by atoms with van der Waals surface area (Å²) in [7, 11) is 0. The molecule has 2 heterocycles. The summed E-state index contributed by atoms with van der Waals surface area (Å²) < 4.78 is 15.5. The molecular weight excluding hydrogens is 734 g/mol. The summed E-state index contributed by atoms with van der Waals surface area (Å²) in [4.78, 5) is 29.6. The van der Waals surface area contributed by atoms with Crippen LogP contribution in [0.1, 0.15) is 21.5 Å². The van der Waals surface area contributed by atoms with Gasteiger partial charge in [-0.05, 0) is 104 Å². The zero-order valence-electron chi connectivity index (χ0n) is 21.4. The highest BCUT2D eigenvalue weighted by atomic mass is 79.9. The molecule has 6 aromatic rings. The number of carbonyl (C=O) groups is 1. The smallest absolute Gasteiger partial charge is 0.335 e. The number of para-hydroxylation sites is 1. The molecule has 6 rings (SSSR count). The lowest BCUT2D eigenvalue weighted by Crippen LogP contribution is -2.20. The molecule has 1 N–H and O–H groups in total. The van der Waals surface area contributed by atoms with E-state index in [-0.39, 0.29) is 23.6 Å². The lowest BCUT2D eigenvalue weighted by Gasteiger charge is -2.12. The van der Waals surface area contributed by atoms with E-state index in [1.54, 1.807) is 54.7 Å². The van der Waals surface area contributed by atoms with Crippen LogP contribution in [0.15, 0.2) is 113 Å². The van der Waals surface area contributed by atoms with Gasteiger partial charge in [0.15, 0.2) is 5.76 Å². The van der Waals surface area contributed by atoms with E-state index < -0.39 is 5.97 Å². The van der Waals surface area contributed by atoms with Gasteiger partial charge in [-0.3, -0.25) is 4.79 Å². The third-order valence-electron chi connectivity index (χ3n) is 6.35. The van der Waals surface area contributed by atoms with Crippen molar-refractivity contribution in [2.45, 2.75) is 6.61 Å². The number of halogens is 3. The molecule has 0 fully saturated rings. The van der Waals surface area contributed by atoms with Crippen LogP contribution in [0.25, 0.3) is 33.5 Å². The topological polar surface area (TPSA) is 107 Å². The van der Waals surface area contributed by atoms with Crippen molar-refractivity contribution in [1.29, 1.82) is 0 Å². The summed E-state index contributed by atoms with van der Waals surface area (Å²) in [6.45, 7) is 0.168. The summed E-state index contributed by atoms with van der Waals surface area (Å²) in [5, 5.41) is 15.1. The Morgan fingerprint density at radius 1 is 0.976 bits per heavy atom. The number of furan rings is 1. The molecule has 0 bridgehead atoms. The number of benzene rings is 4. The van der Waals surface area contributed by atoms with Crippen LogP contribution in [0, 0.1) is 0 Å². The van der Waals surface area contributed by atoms with Crippen LogP contribution in [-0.4, -0.2) is 27.0 Å². The van der Waals surface area contributed by atoms with Gasteiger partial charge in [-0.25, -0.2) is 9.78 Å². The molecule has 0 unspecified atom stereocenters. The number of aromatic carboxylic acids is 1. The second-order valence-electron chi connectivity index (χ2n) is 9.21. The Bertz CT molecular complexity index is 2080. The number of carboxylic acids is 1. The molecule has 208 valence electrons. The second-order valence-corrected chi connectivity index (χ2v) is 11.8. The minimum atomic E-state index is -1.000. The summed E-state index contributed by atoms with van der Waals surface area (Å²) in [5.74, 6) is 0.205. The monoisotopic (exact) mass is 749 g/mol. The van der Waals surface area contributed by atoms with Gasteiger partial charge < -0.3 is 14.3 Å². The fourth-order valence-corrected chi connectivity index (χ4v) is 6.21. The molecule has 11 heteroatoms. The Balaban J connectivity index is 1.35. The number of ether oxygens (including phenoxy) is 1. The molecular formula is C31H18Br3N3O5. The van der Waals surface area contributed by atoms with Gasteiger partial charge in [0, 0.05) is 9.86 Å². The van der Waals surface area contributed by atoms with E-state index in [9.17, 15) is 14.7 Å². The predicted octanol–water partition coefficient (Wildman–Crippen LogP) is 8.26. The van der Waals surface area contributed by atoms with Gasteiger partial charge in [0.05, 0.1) is 31.6 Å². The first-order chi connectivity index (χ1) is 20.3. The van der Waals surface area contributed by atoms with Crippen LogP contribution in [0.4, 0.5) is 0 Å². The first-order valence-electron chi connectivity index (χ1n) is 12.5. The summed E-state index contributed by atoms with van der Waals surface area (Å²) in [6, 6.07) is 24.7. The maximum absolute atomic E-state index is 13.6. The number of carboxylic acid groups (broad SMARTS) is 1. The van der Waals surface area contributed by atoms with Crippen molar-refractivity contribution in [2.24, 2.45) is 5.10 Å². The van der Waals surface area contributed by atoms with E-state index >= 15 is 0 Å². The Morgan fingerprint density at radius 2 is 1.76 bits per heavy atom. The first-order valence-corrected chi connectivity index (χ1v) is 14.8. The van der Waals surface area contributed by atoms with Crippen LogP contribution >= 0.6 is 47.8 Å². The van der Waals surface area contributed by atoms with Crippen molar-refractivity contribution in [1.82, 2.24) is 9.66 Å². The van der Waals surface area contributed by atoms with Crippen molar-refractivity contribution >= 4 is 81.8 Å². The minimum absolute atomic E-state index is 0.168. The summed E-state index contributed by atoms with van der Waals surface area (Å²) in [6.07, 6.45) is 1.55. The molecule has 0 spiro atoms. The molecule has 0 saturated carbocycles. The van der Waals surface area contributed by atoms with E-state index in [0.29, 0.717) is 48.1 Å². The van der Waals surface area contributed by atoms with Crippen LogP contribution in [-0.2, 0) is 6.61 Å². The molecule has 0 aliphatic heterocycles. The van der Waals surface area contributed by atoms with Gasteiger partial charge in [-0.1, -0.05) is 40.2 Å². The van der Waals surface area contributed by atoms with E-state index in [2.05, 4.69) is 52.9 Å². The fraction of sp³-hybridized carbons (Fsp3) is 0.0323. The Kier molecular flexibility index (Phi) is 7.80. The fourth-order valence-electron chi connectivity index (χ4n) is 4.38. The van der Waals surface area contributed by atoms with Crippen LogP contribution in [0.3, 0.4) is 0 Å². The van der Waals surface area contributed by atoms with Gasteiger partial charge in [-0.15, -0.1) is 0 Å². The second kappa shape index (κ2) is 11.7. The molecule has 0 amide bonds. The highest BCUT2D eigenvalue weighted by Gasteiger charge is 2.17. The summed E-state index contributed by atoms with van der Waals surface area (Å²) in [5.41, 5.74) is 2.43. The number of hydrogen-bond acceptors (Lipinski definition) is 6. The lowest BCUT2D eigenvalue weighted by atomic mass is 10.1. The number of fused-ring (bicyclic) bond motifs is 2. The standard InChI is InChI=1S/C31H18Br3N3O5/c32-21-8-9-26-20(13-21)14-27(42-26)29-36-25-7-2-1-6-22(25)30(38)37(29)35-15-18-11-23(33)28(24(34)12-18)41-16-17-4-3-5-19(10-17)31(39)40/h1-15H,16H2,(H,39,40). The molecule has 2 aromatic heterocycles. The van der Waals surface area contributed by atoms with Crippen molar-refractivity contribution < 1.29 is 19.1 Å². The normalized spacial score (nSPS) is 11.5. The quantitative estimate of drug-likeness (QED) is 0.165. The highest BCUT2D eigenvalue weighted by molar-refractivity contribution is 9.11. The van der Waals surface area contributed by atoms with E-state index in [1.165, 1.54) is 10.7 Å². The Labute approximate surface area is 263 Å². The minimum Gasteiger partial charge on any atom is -0.487 e. The average molecular weight is 752 g/mol. The van der Waals surface area contributed by atoms with Crippen molar-refractivity contribution in [3.05, 3.63) is 125 Å². The molecule has 0 aliphatic rings. The SMILES string of the molecule is O=C(O)c1cccc(COc2c(Br)cc(C=Nn3c(-c4cc5cc(Br)ccc5o4)nc4ccccc4c3=O)cc2Br)c1. The van der Waals surface area contributed by atoms with Gasteiger partial charge in [0.2, 0.25) is 5.82 Å². The van der Waals surface area contributed by atoms with E-state index in [1.807, 2.05) is 30.3 Å². The number of nitrogens with zero attached hydrogens (tertiary/aromatic N) is 3. The van der Waals surface area contributed by atoms with Crippen molar-refractivity contribution in [2.75, 3.05) is 0 Å². The van der Waals surface area contributed by atoms with Crippen LogP contribution < -0.4 is 10.3 Å². The number of rotatable bonds is 7. The maximum atomic E-state index is 13.6. The molecule has 42 heavy (non-hydrogen) atoms. The Hall–Kier alpha value is -4.06. The maximum Gasteiger partial charge on any atom is 0.335 e. The van der Waals surface area contributed by atoms with E-state index in [4.69, 9.17) is 14.1 Å². The van der Waals surface area contributed by atoms with Crippen LogP contribution in [0.2, 0.25) is 0 Å². The molecule has 0 saturated heterocycles. The average Bonchev–Trinajstić information content (AvgIpc) is 3.39. The zero-order valence-corrected chi connectivity index (χ0v) is 26.2. The van der Waals surface area contributed by atoms with Gasteiger partial charge in [0.1, 0.15) is 17.9 Å². The molecule has 0 aliphatic carbocycles. The van der Waals surface area contributed by atoms with Crippen molar-refractivity contribution in [3.8, 4) is 17.3 Å².